The molecule has 0 aliphatic rings. The Morgan fingerprint density at radius 1 is 1.19 bits per heavy atom. The molecule has 1 N–H and O–H groups in total. The number of hydrogen-bond donors (Lipinski definition) is 1. The maximum Gasteiger partial charge on any atom is 0.244 e. The van der Waals surface area contributed by atoms with Gasteiger partial charge in [-0.25, -0.2) is 12.7 Å². The molecule has 0 bridgehead atoms. The first-order valence-corrected chi connectivity index (χ1v) is 9.09. The number of sulfonamides is 1. The smallest absolute Gasteiger partial charge is 0.244 e. The first-order valence-electron chi connectivity index (χ1n) is 6.77. The summed E-state index contributed by atoms with van der Waals surface area (Å²) in [5.41, 5.74) is 1.95. The molecule has 6 heteroatoms. The molecule has 1 heterocycles. The van der Waals surface area contributed by atoms with Gasteiger partial charge in [-0.1, -0.05) is 19.1 Å². The maximum atomic E-state index is 12.3. The number of nitrogens with one attached hydrogen (secondary N) is 1. The van der Waals surface area contributed by atoms with Crippen molar-refractivity contribution >= 4 is 27.0 Å². The van der Waals surface area contributed by atoms with E-state index < -0.39 is 10.0 Å². The SMILES string of the molecule is CCc1ccsc1CNc1ccccc1S(=O)(=O)N(C)C. The lowest BCUT2D eigenvalue weighted by Crippen LogP contribution is -2.23. The summed E-state index contributed by atoms with van der Waals surface area (Å²) in [5.74, 6) is 0. The Labute approximate surface area is 130 Å². The molecule has 0 amide bonds. The molecule has 21 heavy (non-hydrogen) atoms. The molecule has 0 fully saturated rings. The van der Waals surface area contributed by atoms with Gasteiger partial charge in [0.25, 0.3) is 0 Å². The summed E-state index contributed by atoms with van der Waals surface area (Å²) < 4.78 is 25.9. The highest BCUT2D eigenvalue weighted by Crippen LogP contribution is 2.25. The lowest BCUT2D eigenvalue weighted by Gasteiger charge is -2.16. The predicted molar refractivity (Wildman–Crippen MR) is 88.3 cm³/mol. The lowest BCUT2D eigenvalue weighted by atomic mass is 10.2. The van der Waals surface area contributed by atoms with E-state index >= 15 is 0 Å². The van der Waals surface area contributed by atoms with E-state index in [4.69, 9.17) is 0 Å². The summed E-state index contributed by atoms with van der Waals surface area (Å²) >= 11 is 1.69. The van der Waals surface area contributed by atoms with Crippen molar-refractivity contribution in [2.24, 2.45) is 0 Å². The fraction of sp³-hybridized carbons (Fsp3) is 0.333. The van der Waals surface area contributed by atoms with Crippen LogP contribution in [-0.4, -0.2) is 26.8 Å². The molecule has 2 rings (SSSR count). The highest BCUT2D eigenvalue weighted by molar-refractivity contribution is 7.89. The van der Waals surface area contributed by atoms with E-state index in [2.05, 4.69) is 23.7 Å². The third kappa shape index (κ3) is 3.45. The van der Waals surface area contributed by atoms with Gasteiger partial charge < -0.3 is 5.32 Å². The lowest BCUT2D eigenvalue weighted by molar-refractivity contribution is 0.521. The molecule has 0 atom stereocenters. The molecule has 1 aromatic carbocycles. The van der Waals surface area contributed by atoms with Crippen molar-refractivity contribution in [3.8, 4) is 0 Å². The standard InChI is InChI=1S/C15H20N2O2S2/c1-4-12-9-10-20-14(12)11-16-13-7-5-6-8-15(13)21(18,19)17(2)3/h5-10,16H,4,11H2,1-3H3. The van der Waals surface area contributed by atoms with E-state index in [1.54, 1.807) is 43.6 Å². The fourth-order valence-corrected chi connectivity index (χ4v) is 4.02. The number of rotatable bonds is 6. The number of para-hydroxylation sites is 1. The Morgan fingerprint density at radius 2 is 1.90 bits per heavy atom. The molecule has 0 saturated heterocycles. The van der Waals surface area contributed by atoms with Crippen molar-refractivity contribution in [1.82, 2.24) is 4.31 Å². The second-order valence-corrected chi connectivity index (χ2v) is 7.98. The summed E-state index contributed by atoms with van der Waals surface area (Å²) in [6.45, 7) is 2.76. The molecule has 0 unspecified atom stereocenters. The third-order valence-corrected chi connectivity index (χ3v) is 6.14. The molecule has 1 aromatic heterocycles. The van der Waals surface area contributed by atoms with Crippen molar-refractivity contribution < 1.29 is 8.42 Å². The van der Waals surface area contributed by atoms with E-state index in [0.717, 1.165) is 6.42 Å². The third-order valence-electron chi connectivity index (χ3n) is 3.30. The van der Waals surface area contributed by atoms with Crippen LogP contribution in [-0.2, 0) is 23.0 Å². The van der Waals surface area contributed by atoms with E-state index in [-0.39, 0.29) is 0 Å². The average molecular weight is 324 g/mol. The van der Waals surface area contributed by atoms with Gasteiger partial charge in [-0.05, 0) is 35.6 Å². The van der Waals surface area contributed by atoms with E-state index in [1.165, 1.54) is 14.7 Å². The maximum absolute atomic E-state index is 12.3. The van der Waals surface area contributed by atoms with Gasteiger partial charge in [0.05, 0.1) is 5.69 Å². The number of thiophene rings is 1. The number of benzene rings is 1. The minimum absolute atomic E-state index is 0.310. The van der Waals surface area contributed by atoms with Gasteiger partial charge in [0.15, 0.2) is 0 Å². The minimum Gasteiger partial charge on any atom is -0.379 e. The van der Waals surface area contributed by atoms with Crippen LogP contribution in [0.1, 0.15) is 17.4 Å². The molecule has 0 radical (unpaired) electrons. The molecule has 4 nitrogen and oxygen atoms in total. The Bertz CT molecular complexity index is 706. The van der Waals surface area contributed by atoms with Crippen molar-refractivity contribution in [1.29, 1.82) is 0 Å². The predicted octanol–water partition coefficient (Wildman–Crippen LogP) is 3.17. The second-order valence-electron chi connectivity index (χ2n) is 4.86. The van der Waals surface area contributed by atoms with Gasteiger partial charge >= 0.3 is 0 Å². The van der Waals surface area contributed by atoms with Crippen molar-refractivity contribution in [3.05, 3.63) is 46.2 Å². The average Bonchev–Trinajstić information content (AvgIpc) is 2.92. The Morgan fingerprint density at radius 3 is 2.57 bits per heavy atom. The van der Waals surface area contributed by atoms with Gasteiger partial charge in [-0.2, -0.15) is 0 Å². The molecule has 114 valence electrons. The monoisotopic (exact) mass is 324 g/mol. The first kappa shape index (κ1) is 16.0. The second kappa shape index (κ2) is 6.60. The summed E-state index contributed by atoms with van der Waals surface area (Å²) in [4.78, 5) is 1.55. The van der Waals surface area contributed by atoms with Gasteiger partial charge in [0.1, 0.15) is 4.90 Å². The van der Waals surface area contributed by atoms with Crippen LogP contribution in [0, 0.1) is 0 Å². The highest BCUT2D eigenvalue weighted by Gasteiger charge is 2.20. The van der Waals surface area contributed by atoms with Crippen LogP contribution in [0.2, 0.25) is 0 Å². The van der Waals surface area contributed by atoms with Crippen molar-refractivity contribution in [2.45, 2.75) is 24.8 Å². The summed E-state index contributed by atoms with van der Waals surface area (Å²) in [5, 5.41) is 5.32. The largest absolute Gasteiger partial charge is 0.379 e. The van der Waals surface area contributed by atoms with Crippen LogP contribution >= 0.6 is 11.3 Å². The van der Waals surface area contributed by atoms with Crippen LogP contribution in [0.5, 0.6) is 0 Å². The van der Waals surface area contributed by atoms with Gasteiger partial charge in [-0.15, -0.1) is 11.3 Å². The van der Waals surface area contributed by atoms with Crippen LogP contribution in [0.3, 0.4) is 0 Å². The summed E-state index contributed by atoms with van der Waals surface area (Å²) in [6, 6.07) is 9.13. The Hall–Kier alpha value is -1.37. The topological polar surface area (TPSA) is 49.4 Å². The normalized spacial score (nSPS) is 11.8. The first-order chi connectivity index (χ1) is 9.96. The van der Waals surface area contributed by atoms with Gasteiger partial charge in [0, 0.05) is 25.5 Å². The zero-order valence-electron chi connectivity index (χ0n) is 12.5. The fourth-order valence-electron chi connectivity index (χ4n) is 2.05. The number of nitrogens with zero attached hydrogens (tertiary/aromatic N) is 1. The molecule has 2 aromatic rings. The van der Waals surface area contributed by atoms with E-state index in [9.17, 15) is 8.42 Å². The van der Waals surface area contributed by atoms with Gasteiger partial charge in [0.2, 0.25) is 10.0 Å². The molecule has 0 spiro atoms. The van der Waals surface area contributed by atoms with E-state index in [0.29, 0.717) is 17.1 Å². The number of anilines is 1. The quantitative estimate of drug-likeness (QED) is 0.888. The van der Waals surface area contributed by atoms with E-state index in [1.807, 2.05) is 6.07 Å². The van der Waals surface area contributed by atoms with Gasteiger partial charge in [-0.3, -0.25) is 0 Å². The molecule has 0 saturated carbocycles. The zero-order chi connectivity index (χ0) is 15.5. The van der Waals surface area contributed by atoms with Crippen molar-refractivity contribution in [2.75, 3.05) is 19.4 Å². The molecular formula is C15H20N2O2S2. The minimum atomic E-state index is -3.44. The Kier molecular flexibility index (Phi) is 5.03. The zero-order valence-corrected chi connectivity index (χ0v) is 14.1. The van der Waals surface area contributed by atoms with Crippen LogP contribution in [0.25, 0.3) is 0 Å². The van der Waals surface area contributed by atoms with Crippen LogP contribution < -0.4 is 5.32 Å². The molecular weight excluding hydrogens is 304 g/mol. The number of hydrogen-bond acceptors (Lipinski definition) is 4. The molecule has 0 aliphatic carbocycles. The summed E-state index contributed by atoms with van der Waals surface area (Å²) in [6.07, 6.45) is 0.984. The van der Waals surface area contributed by atoms with Crippen molar-refractivity contribution in [3.63, 3.8) is 0 Å². The molecule has 0 aliphatic heterocycles. The van der Waals surface area contributed by atoms with Crippen LogP contribution in [0.15, 0.2) is 40.6 Å². The number of aryl methyl sites for hydroxylation is 1. The summed E-state index contributed by atoms with van der Waals surface area (Å²) in [7, 11) is -0.356. The highest BCUT2D eigenvalue weighted by atomic mass is 32.2. The Balaban J connectivity index is 2.26. The van der Waals surface area contributed by atoms with Crippen LogP contribution in [0.4, 0.5) is 5.69 Å².